The Morgan fingerprint density at radius 1 is 1.44 bits per heavy atom. The number of aryl methyl sites for hydroxylation is 1. The fourth-order valence-corrected chi connectivity index (χ4v) is 2.44. The van der Waals surface area contributed by atoms with Gasteiger partial charge in [0.25, 0.3) is 0 Å². The summed E-state index contributed by atoms with van der Waals surface area (Å²) in [4.78, 5) is 4.15. The van der Waals surface area contributed by atoms with Gasteiger partial charge >= 0.3 is 0 Å². The van der Waals surface area contributed by atoms with Crippen molar-refractivity contribution in [3.63, 3.8) is 0 Å². The third-order valence-corrected chi connectivity index (χ3v) is 3.40. The van der Waals surface area contributed by atoms with Gasteiger partial charge in [-0.25, -0.2) is 4.98 Å². The molecule has 1 aromatic heterocycles. The van der Waals surface area contributed by atoms with Crippen LogP contribution in [0, 0.1) is 0 Å². The van der Waals surface area contributed by atoms with Crippen molar-refractivity contribution >= 4 is 0 Å². The first-order valence-corrected chi connectivity index (χ1v) is 6.23. The number of hydrogen-bond donors (Lipinski definition) is 1. The van der Waals surface area contributed by atoms with Gasteiger partial charge in [-0.3, -0.25) is 0 Å². The minimum Gasteiger partial charge on any atom is -0.484 e. The van der Waals surface area contributed by atoms with Gasteiger partial charge in [0, 0.05) is 18.5 Å². The quantitative estimate of drug-likeness (QED) is 0.882. The number of aliphatic hydroxyl groups excluding tert-OH is 1. The molecule has 2 aromatic rings. The molecule has 4 nitrogen and oxygen atoms in total. The van der Waals surface area contributed by atoms with Crippen LogP contribution in [0.5, 0.6) is 5.75 Å². The Kier molecular flexibility index (Phi) is 2.80. The molecule has 18 heavy (non-hydrogen) atoms. The third-order valence-electron chi connectivity index (χ3n) is 3.40. The zero-order valence-electron chi connectivity index (χ0n) is 10.3. The summed E-state index contributed by atoms with van der Waals surface area (Å²) < 4.78 is 8.02. The van der Waals surface area contributed by atoms with Gasteiger partial charge < -0.3 is 14.4 Å². The molecule has 2 atom stereocenters. The molecular weight excluding hydrogens is 228 g/mol. The van der Waals surface area contributed by atoms with E-state index in [-0.39, 0.29) is 6.10 Å². The summed E-state index contributed by atoms with van der Waals surface area (Å²) >= 11 is 0. The highest BCUT2D eigenvalue weighted by atomic mass is 16.5. The Labute approximate surface area is 106 Å². The van der Waals surface area contributed by atoms with Gasteiger partial charge in [-0.05, 0) is 13.0 Å². The summed E-state index contributed by atoms with van der Waals surface area (Å²) in [6.45, 7) is 2.92. The maximum absolute atomic E-state index is 10.2. The van der Waals surface area contributed by atoms with Gasteiger partial charge in [-0.2, -0.15) is 0 Å². The summed E-state index contributed by atoms with van der Waals surface area (Å²) in [5.41, 5.74) is 1.89. The Bertz CT molecular complexity index is 550. The monoisotopic (exact) mass is 244 g/mol. The van der Waals surface area contributed by atoms with Crippen LogP contribution in [0.3, 0.4) is 0 Å². The van der Waals surface area contributed by atoms with E-state index in [1.54, 1.807) is 6.33 Å². The molecule has 0 bridgehead atoms. The number of nitrogens with zero attached hydrogens (tertiary/aromatic N) is 2. The summed E-state index contributed by atoms with van der Waals surface area (Å²) in [6.07, 6.45) is 3.58. The third kappa shape index (κ3) is 1.78. The second kappa shape index (κ2) is 4.46. The summed E-state index contributed by atoms with van der Waals surface area (Å²) in [6, 6.07) is 7.65. The number of benzene rings is 1. The molecule has 0 amide bonds. The molecule has 1 N–H and O–H groups in total. The van der Waals surface area contributed by atoms with Crippen molar-refractivity contribution in [1.29, 1.82) is 0 Å². The summed E-state index contributed by atoms with van der Waals surface area (Å²) in [5, 5.41) is 10.2. The average molecular weight is 244 g/mol. The van der Waals surface area contributed by atoms with Gasteiger partial charge in [0.2, 0.25) is 0 Å². The topological polar surface area (TPSA) is 47.3 Å². The molecule has 3 rings (SSSR count). The minimum atomic E-state index is -0.472. The lowest BCUT2D eigenvalue weighted by Crippen LogP contribution is -2.21. The van der Waals surface area contributed by atoms with Crippen molar-refractivity contribution in [3.8, 4) is 5.75 Å². The summed E-state index contributed by atoms with van der Waals surface area (Å²) in [5.74, 6) is 0.769. The molecule has 0 fully saturated rings. The van der Waals surface area contributed by atoms with Crippen LogP contribution in [-0.2, 0) is 6.54 Å². The Balaban J connectivity index is 1.94. The molecule has 0 spiro atoms. The van der Waals surface area contributed by atoms with Crippen LogP contribution < -0.4 is 4.74 Å². The lowest BCUT2D eigenvalue weighted by atomic mass is 9.98. The van der Waals surface area contributed by atoms with E-state index in [4.69, 9.17) is 4.74 Å². The number of hydrogen-bond acceptors (Lipinski definition) is 3. The Morgan fingerprint density at radius 3 is 3.11 bits per heavy atom. The fraction of sp³-hybridized carbons (Fsp3) is 0.357. The predicted octanol–water partition coefficient (Wildman–Crippen LogP) is 2.46. The molecule has 0 saturated heterocycles. The van der Waals surface area contributed by atoms with Crippen LogP contribution in [0.15, 0.2) is 36.8 Å². The number of rotatable bonds is 2. The van der Waals surface area contributed by atoms with E-state index >= 15 is 0 Å². The first-order valence-electron chi connectivity index (χ1n) is 6.23. The highest BCUT2D eigenvalue weighted by molar-refractivity contribution is 5.37. The van der Waals surface area contributed by atoms with E-state index in [0.29, 0.717) is 6.42 Å². The molecule has 1 unspecified atom stereocenters. The molecule has 2 heterocycles. The van der Waals surface area contributed by atoms with E-state index < -0.39 is 6.10 Å². The van der Waals surface area contributed by atoms with Gasteiger partial charge in [0.1, 0.15) is 11.9 Å². The smallest absolute Gasteiger partial charge is 0.143 e. The normalized spacial score (nSPS) is 22.3. The van der Waals surface area contributed by atoms with Gasteiger partial charge in [-0.1, -0.05) is 18.2 Å². The highest BCUT2D eigenvalue weighted by Gasteiger charge is 2.29. The van der Waals surface area contributed by atoms with Crippen molar-refractivity contribution in [3.05, 3.63) is 48.0 Å². The standard InChI is InChI=1S/C14H16N2O2/c1-2-16-9-15-8-11(16)14-7-12(17)10-5-3-4-6-13(10)18-14/h3-6,8-9,12,14,17H,2,7H2,1H3/t12-,14?/m0/s1. The Morgan fingerprint density at radius 2 is 2.28 bits per heavy atom. The number of aliphatic hydroxyl groups is 1. The van der Waals surface area contributed by atoms with Crippen LogP contribution >= 0.6 is 0 Å². The van der Waals surface area contributed by atoms with Gasteiger partial charge in [0.05, 0.1) is 24.3 Å². The molecule has 0 radical (unpaired) electrons. The molecular formula is C14H16N2O2. The minimum absolute atomic E-state index is 0.127. The molecule has 94 valence electrons. The number of fused-ring (bicyclic) bond motifs is 1. The van der Waals surface area contributed by atoms with E-state index in [9.17, 15) is 5.11 Å². The second-order valence-corrected chi connectivity index (χ2v) is 4.50. The number of para-hydroxylation sites is 1. The maximum atomic E-state index is 10.2. The largest absolute Gasteiger partial charge is 0.484 e. The zero-order chi connectivity index (χ0) is 12.5. The van der Waals surface area contributed by atoms with Gasteiger partial charge in [0.15, 0.2) is 0 Å². The molecule has 1 aliphatic heterocycles. The van der Waals surface area contributed by atoms with Crippen LogP contribution in [0.1, 0.15) is 36.8 Å². The fourth-order valence-electron chi connectivity index (χ4n) is 2.44. The van der Waals surface area contributed by atoms with Crippen molar-refractivity contribution < 1.29 is 9.84 Å². The number of aromatic nitrogens is 2. The average Bonchev–Trinajstić information content (AvgIpc) is 2.87. The molecule has 4 heteroatoms. The van der Waals surface area contributed by atoms with Crippen LogP contribution in [0.25, 0.3) is 0 Å². The SMILES string of the molecule is CCn1cncc1C1C[C@H](O)c2ccccc2O1. The van der Waals surface area contributed by atoms with Crippen molar-refractivity contribution in [1.82, 2.24) is 9.55 Å². The first kappa shape index (κ1) is 11.3. The van der Waals surface area contributed by atoms with Crippen molar-refractivity contribution in [2.75, 3.05) is 0 Å². The molecule has 1 aromatic carbocycles. The molecule has 0 saturated carbocycles. The Hall–Kier alpha value is -1.81. The van der Waals surface area contributed by atoms with Crippen molar-refractivity contribution in [2.45, 2.75) is 32.1 Å². The van der Waals surface area contributed by atoms with E-state index in [1.165, 1.54) is 0 Å². The molecule has 1 aliphatic rings. The number of imidazole rings is 1. The summed E-state index contributed by atoms with van der Waals surface area (Å²) in [7, 11) is 0. The van der Waals surface area contributed by atoms with Crippen LogP contribution in [-0.4, -0.2) is 14.7 Å². The molecule has 0 aliphatic carbocycles. The maximum Gasteiger partial charge on any atom is 0.143 e. The lowest BCUT2D eigenvalue weighted by molar-refractivity contribution is 0.0619. The second-order valence-electron chi connectivity index (χ2n) is 4.50. The first-order chi connectivity index (χ1) is 8.79. The van der Waals surface area contributed by atoms with E-state index in [1.807, 2.05) is 35.0 Å². The predicted molar refractivity (Wildman–Crippen MR) is 67.3 cm³/mol. The van der Waals surface area contributed by atoms with Crippen LogP contribution in [0.4, 0.5) is 0 Å². The lowest BCUT2D eigenvalue weighted by Gasteiger charge is -2.29. The van der Waals surface area contributed by atoms with E-state index in [0.717, 1.165) is 23.6 Å². The van der Waals surface area contributed by atoms with E-state index in [2.05, 4.69) is 11.9 Å². The zero-order valence-corrected chi connectivity index (χ0v) is 10.3. The van der Waals surface area contributed by atoms with Gasteiger partial charge in [-0.15, -0.1) is 0 Å². The number of ether oxygens (including phenoxy) is 1. The highest BCUT2D eigenvalue weighted by Crippen LogP contribution is 2.40. The van der Waals surface area contributed by atoms with Crippen molar-refractivity contribution in [2.24, 2.45) is 0 Å². The van der Waals surface area contributed by atoms with Crippen LogP contribution in [0.2, 0.25) is 0 Å².